The minimum absolute atomic E-state index is 0.00236. The van der Waals surface area contributed by atoms with Gasteiger partial charge in [-0.1, -0.05) is 6.92 Å². The van der Waals surface area contributed by atoms with Crippen molar-refractivity contribution in [2.24, 2.45) is 5.73 Å². The van der Waals surface area contributed by atoms with Crippen molar-refractivity contribution in [1.29, 1.82) is 0 Å². The Morgan fingerprint density at radius 2 is 2.19 bits per heavy atom. The maximum Gasteiger partial charge on any atom is 0.0843 e. The van der Waals surface area contributed by atoms with E-state index < -0.39 is 0 Å². The monoisotopic (exact) mass is 379 g/mol. The van der Waals surface area contributed by atoms with Crippen LogP contribution >= 0.6 is 54.5 Å². The van der Waals surface area contributed by atoms with Gasteiger partial charge in [0.05, 0.1) is 9.83 Å². The SMILES string of the molecule is CCc1ccsc1C(N)c1cc(Br)c(Br)s1. The van der Waals surface area contributed by atoms with Crippen LogP contribution in [0, 0.1) is 0 Å². The highest BCUT2D eigenvalue weighted by atomic mass is 79.9. The molecule has 0 aliphatic rings. The molecule has 0 saturated carbocycles. The molecule has 1 nitrogen and oxygen atoms in total. The maximum atomic E-state index is 6.30. The summed E-state index contributed by atoms with van der Waals surface area (Å²) in [6.07, 6.45) is 1.04. The summed E-state index contributed by atoms with van der Waals surface area (Å²) >= 11 is 10.4. The van der Waals surface area contributed by atoms with E-state index >= 15 is 0 Å². The molecule has 0 saturated heterocycles. The number of hydrogen-bond acceptors (Lipinski definition) is 3. The first kappa shape index (κ1) is 12.8. The van der Waals surface area contributed by atoms with E-state index in [0.717, 1.165) is 14.7 Å². The minimum Gasteiger partial charge on any atom is -0.319 e. The summed E-state index contributed by atoms with van der Waals surface area (Å²) in [5.41, 5.74) is 7.66. The van der Waals surface area contributed by atoms with Gasteiger partial charge in [-0.3, -0.25) is 0 Å². The lowest BCUT2D eigenvalue weighted by Crippen LogP contribution is -2.10. The zero-order valence-corrected chi connectivity index (χ0v) is 13.5. The first-order chi connectivity index (χ1) is 7.63. The molecule has 2 aromatic rings. The molecular formula is C11H11Br2NS2. The first-order valence-corrected chi connectivity index (χ1v) is 8.18. The molecule has 0 amide bonds. The predicted octanol–water partition coefficient (Wildman–Crippen LogP) is 4.95. The van der Waals surface area contributed by atoms with Crippen molar-refractivity contribution >= 4 is 54.5 Å². The van der Waals surface area contributed by atoms with Gasteiger partial charge >= 0.3 is 0 Å². The Labute approximate surface area is 120 Å². The van der Waals surface area contributed by atoms with Crippen LogP contribution in [-0.2, 0) is 6.42 Å². The molecule has 2 aromatic heterocycles. The molecule has 0 radical (unpaired) electrons. The van der Waals surface area contributed by atoms with E-state index in [4.69, 9.17) is 5.73 Å². The average Bonchev–Trinajstić information content (AvgIpc) is 2.85. The van der Waals surface area contributed by atoms with Crippen molar-refractivity contribution in [3.63, 3.8) is 0 Å². The van der Waals surface area contributed by atoms with Gasteiger partial charge in [-0.2, -0.15) is 0 Å². The molecule has 86 valence electrons. The van der Waals surface area contributed by atoms with Gasteiger partial charge in [0.1, 0.15) is 0 Å². The van der Waals surface area contributed by atoms with E-state index in [0.29, 0.717) is 0 Å². The second-order valence-corrected chi connectivity index (χ2v) is 7.62. The molecule has 0 aliphatic carbocycles. The van der Waals surface area contributed by atoms with Crippen LogP contribution in [0.25, 0.3) is 0 Å². The van der Waals surface area contributed by atoms with Gasteiger partial charge in [0, 0.05) is 14.2 Å². The first-order valence-electron chi connectivity index (χ1n) is 4.90. The molecule has 0 fully saturated rings. The van der Waals surface area contributed by atoms with Gasteiger partial charge in [0.15, 0.2) is 0 Å². The molecule has 0 bridgehead atoms. The fourth-order valence-electron chi connectivity index (χ4n) is 1.56. The number of nitrogens with two attached hydrogens (primary N) is 1. The number of rotatable bonds is 3. The Hall–Kier alpha value is 0.320. The standard InChI is InChI=1S/C11H11Br2NS2/c1-2-6-3-4-15-10(6)9(14)8-5-7(12)11(13)16-8/h3-5,9H,2,14H2,1H3. The summed E-state index contributed by atoms with van der Waals surface area (Å²) < 4.78 is 2.19. The quantitative estimate of drug-likeness (QED) is 0.801. The Morgan fingerprint density at radius 3 is 2.75 bits per heavy atom. The van der Waals surface area contributed by atoms with Crippen LogP contribution in [0.3, 0.4) is 0 Å². The van der Waals surface area contributed by atoms with Crippen LogP contribution in [0.2, 0.25) is 0 Å². The zero-order chi connectivity index (χ0) is 11.7. The van der Waals surface area contributed by atoms with Crippen LogP contribution in [0.4, 0.5) is 0 Å². The van der Waals surface area contributed by atoms with Crippen LogP contribution < -0.4 is 5.73 Å². The van der Waals surface area contributed by atoms with Crippen LogP contribution in [0.5, 0.6) is 0 Å². The van der Waals surface area contributed by atoms with Gasteiger partial charge in [-0.05, 0) is 61.4 Å². The molecule has 1 atom stereocenters. The second kappa shape index (κ2) is 5.31. The Bertz CT molecular complexity index is 470. The number of thiophene rings is 2. The van der Waals surface area contributed by atoms with Crippen molar-refractivity contribution in [2.75, 3.05) is 0 Å². The zero-order valence-electron chi connectivity index (χ0n) is 8.67. The smallest absolute Gasteiger partial charge is 0.0843 e. The predicted molar refractivity (Wildman–Crippen MR) is 79.4 cm³/mol. The van der Waals surface area contributed by atoms with Crippen LogP contribution in [0.1, 0.15) is 28.3 Å². The van der Waals surface area contributed by atoms with Gasteiger partial charge in [0.2, 0.25) is 0 Å². The lowest BCUT2D eigenvalue weighted by molar-refractivity contribution is 0.894. The molecule has 0 spiro atoms. The second-order valence-electron chi connectivity index (χ2n) is 3.41. The van der Waals surface area contributed by atoms with E-state index in [-0.39, 0.29) is 6.04 Å². The summed E-state index contributed by atoms with van der Waals surface area (Å²) in [6.45, 7) is 2.17. The lowest BCUT2D eigenvalue weighted by atomic mass is 10.1. The van der Waals surface area contributed by atoms with Crippen molar-refractivity contribution in [3.05, 3.63) is 41.1 Å². The average molecular weight is 381 g/mol. The van der Waals surface area contributed by atoms with Crippen molar-refractivity contribution < 1.29 is 0 Å². The third-order valence-electron chi connectivity index (χ3n) is 2.41. The molecular weight excluding hydrogens is 370 g/mol. The molecule has 16 heavy (non-hydrogen) atoms. The Morgan fingerprint density at radius 1 is 1.44 bits per heavy atom. The molecule has 5 heteroatoms. The summed E-state index contributed by atoms with van der Waals surface area (Å²) in [4.78, 5) is 2.47. The summed E-state index contributed by atoms with van der Waals surface area (Å²) in [7, 11) is 0. The number of hydrogen-bond donors (Lipinski definition) is 1. The number of aryl methyl sites for hydroxylation is 1. The molecule has 2 N–H and O–H groups in total. The fraction of sp³-hybridized carbons (Fsp3) is 0.273. The van der Waals surface area contributed by atoms with Gasteiger partial charge in [-0.25, -0.2) is 0 Å². The van der Waals surface area contributed by atoms with E-state index in [1.807, 2.05) is 0 Å². The topological polar surface area (TPSA) is 26.0 Å². The number of halogens is 2. The van der Waals surface area contributed by atoms with E-state index in [9.17, 15) is 0 Å². The maximum absolute atomic E-state index is 6.30. The third-order valence-corrected chi connectivity index (χ3v) is 6.80. The summed E-state index contributed by atoms with van der Waals surface area (Å²) in [6, 6.07) is 4.26. The van der Waals surface area contributed by atoms with Gasteiger partial charge < -0.3 is 5.73 Å². The lowest BCUT2D eigenvalue weighted by Gasteiger charge is -2.09. The molecule has 2 rings (SSSR count). The van der Waals surface area contributed by atoms with Crippen molar-refractivity contribution in [2.45, 2.75) is 19.4 Å². The van der Waals surface area contributed by atoms with Crippen LogP contribution in [-0.4, -0.2) is 0 Å². The largest absolute Gasteiger partial charge is 0.319 e. The van der Waals surface area contributed by atoms with Crippen molar-refractivity contribution in [3.8, 4) is 0 Å². The minimum atomic E-state index is 0.00236. The Balaban J connectivity index is 2.35. The van der Waals surface area contributed by atoms with E-state index in [2.05, 4.69) is 56.3 Å². The van der Waals surface area contributed by atoms with Gasteiger partial charge in [0.25, 0.3) is 0 Å². The highest BCUT2D eigenvalue weighted by Gasteiger charge is 2.17. The van der Waals surface area contributed by atoms with E-state index in [1.54, 1.807) is 22.7 Å². The summed E-state index contributed by atoms with van der Waals surface area (Å²) in [5, 5.41) is 2.12. The van der Waals surface area contributed by atoms with E-state index in [1.165, 1.54) is 15.3 Å². The molecule has 2 heterocycles. The molecule has 0 aliphatic heterocycles. The highest BCUT2D eigenvalue weighted by Crippen LogP contribution is 2.38. The third kappa shape index (κ3) is 2.43. The fourth-order valence-corrected chi connectivity index (χ4v) is 4.75. The summed E-state index contributed by atoms with van der Waals surface area (Å²) in [5.74, 6) is 0. The Kier molecular flexibility index (Phi) is 4.24. The van der Waals surface area contributed by atoms with Gasteiger partial charge in [-0.15, -0.1) is 22.7 Å². The normalized spacial score (nSPS) is 13.0. The molecule has 1 unspecified atom stereocenters. The molecule has 0 aromatic carbocycles. The van der Waals surface area contributed by atoms with Crippen LogP contribution in [0.15, 0.2) is 25.8 Å². The van der Waals surface area contributed by atoms with Crippen molar-refractivity contribution in [1.82, 2.24) is 0 Å². The highest BCUT2D eigenvalue weighted by molar-refractivity contribution is 9.13.